The van der Waals surface area contributed by atoms with Crippen LogP contribution in [-0.4, -0.2) is 92.3 Å². The zero-order valence-corrected chi connectivity index (χ0v) is 37.2. The Balaban J connectivity index is 2.41. The van der Waals surface area contributed by atoms with Crippen LogP contribution in [0.25, 0.3) is 0 Å². The van der Waals surface area contributed by atoms with Crippen LogP contribution < -0.4 is 0 Å². The maximum atomic E-state index is 12.8. The second-order valence-corrected chi connectivity index (χ2v) is 17.7. The summed E-state index contributed by atoms with van der Waals surface area (Å²) in [7, 11) is -5.03. The van der Waals surface area contributed by atoms with Crippen molar-refractivity contribution in [3.05, 3.63) is 24.5 Å². The topological polar surface area (TPSA) is 192 Å². The first-order chi connectivity index (χ1) is 28.0. The highest BCUT2D eigenvalue weighted by atomic mass is 31.2. The van der Waals surface area contributed by atoms with Gasteiger partial charge in [0.2, 0.25) is 0 Å². The van der Waals surface area contributed by atoms with E-state index in [0.717, 1.165) is 57.8 Å². The van der Waals surface area contributed by atoms with Crippen LogP contribution in [0, 0.1) is 0 Å². The number of aliphatic hydroxyl groups is 5. The van der Waals surface area contributed by atoms with Crippen LogP contribution in [0.4, 0.5) is 0 Å². The number of rotatable bonds is 39. The van der Waals surface area contributed by atoms with Crippen molar-refractivity contribution in [3.63, 3.8) is 0 Å². The maximum Gasteiger partial charge on any atom is 0.472 e. The molecule has 0 radical (unpaired) electrons. The molecule has 6 N–H and O–H groups in total. The monoisotopic (exact) mass is 849 g/mol. The first-order valence-corrected chi connectivity index (χ1v) is 24.7. The summed E-state index contributed by atoms with van der Waals surface area (Å²) in [5.74, 6) is -0.507. The average molecular weight is 849 g/mol. The summed E-state index contributed by atoms with van der Waals surface area (Å²) in [6.45, 7) is 3.71. The molecular weight excluding hydrogens is 763 g/mol. The van der Waals surface area contributed by atoms with Gasteiger partial charge in [-0.1, -0.05) is 161 Å². The zero-order valence-electron chi connectivity index (χ0n) is 36.4. The van der Waals surface area contributed by atoms with E-state index in [2.05, 4.69) is 26.0 Å². The SMILES string of the molecule is CCCCCC/C=C\CCCCCCCC(=O)O[C@H](CO/C=C\CCCCCCCCCCCCCCCCCC)COP(=O)(O)OC1C(O)C(O)C(O)[C@@H](O)C1O. The summed E-state index contributed by atoms with van der Waals surface area (Å²) in [6.07, 6.45) is 29.0. The highest BCUT2D eigenvalue weighted by Gasteiger charge is 2.51. The fraction of sp³-hybridized carbons (Fsp3) is 0.889. The van der Waals surface area contributed by atoms with Gasteiger partial charge in [-0.25, -0.2) is 4.57 Å². The third-order valence-electron chi connectivity index (χ3n) is 10.9. The minimum absolute atomic E-state index is 0.161. The number of ether oxygens (including phenoxy) is 2. The van der Waals surface area contributed by atoms with Gasteiger partial charge in [0.05, 0.1) is 12.9 Å². The predicted octanol–water partition coefficient (Wildman–Crippen LogP) is 9.66. The van der Waals surface area contributed by atoms with Crippen LogP contribution in [0.3, 0.4) is 0 Å². The van der Waals surface area contributed by atoms with E-state index in [1.807, 2.05) is 6.08 Å². The Hall–Kier alpha value is -1.34. The standard InChI is InChI=1S/C45H85O12P/c1-3-5-7-9-11-13-15-17-18-19-20-21-23-25-27-29-31-33-35-54-36-38(37-55-58(52,53)57-45-43(50)41(48)40(47)42(49)44(45)51)56-39(46)34-32-30-28-26-24-22-16-14-12-10-8-6-4-2/h14,16,33,35,38,40-45,47-51H,3-13,15,17-32,34,36-37H2,1-2H3,(H,52,53)/b16-14-,35-33-/t38-,40?,41-,42?,43?,44?,45?/m1/s1. The smallest absolute Gasteiger partial charge is 0.472 e. The van der Waals surface area contributed by atoms with Gasteiger partial charge in [0, 0.05) is 6.42 Å². The zero-order chi connectivity index (χ0) is 42.7. The molecule has 0 aromatic heterocycles. The number of carbonyl (C=O) groups is 1. The molecule has 12 nitrogen and oxygen atoms in total. The Bertz CT molecular complexity index is 1060. The Morgan fingerprint density at radius 1 is 0.534 bits per heavy atom. The normalized spacial score (nSPS) is 22.8. The molecule has 58 heavy (non-hydrogen) atoms. The Labute approximate surface area is 351 Å². The lowest BCUT2D eigenvalue weighted by Crippen LogP contribution is -2.64. The van der Waals surface area contributed by atoms with Crippen molar-refractivity contribution in [1.29, 1.82) is 0 Å². The first-order valence-electron chi connectivity index (χ1n) is 23.2. The van der Waals surface area contributed by atoms with Gasteiger partial charge in [-0.05, 0) is 51.0 Å². The number of aliphatic hydroxyl groups excluding tert-OH is 5. The van der Waals surface area contributed by atoms with Gasteiger partial charge in [-0.2, -0.15) is 0 Å². The third kappa shape index (κ3) is 28.2. The predicted molar refractivity (Wildman–Crippen MR) is 230 cm³/mol. The largest absolute Gasteiger partial charge is 0.498 e. The summed E-state index contributed by atoms with van der Waals surface area (Å²) in [6, 6.07) is 0. The Kier molecular flexibility index (Phi) is 34.2. The summed E-state index contributed by atoms with van der Waals surface area (Å²) < 4.78 is 33.9. The van der Waals surface area contributed by atoms with Crippen molar-refractivity contribution in [2.24, 2.45) is 0 Å². The molecule has 0 spiro atoms. The molecule has 0 aliphatic heterocycles. The van der Waals surface area contributed by atoms with Crippen molar-refractivity contribution in [1.82, 2.24) is 0 Å². The summed E-state index contributed by atoms with van der Waals surface area (Å²) in [4.78, 5) is 23.1. The van der Waals surface area contributed by atoms with E-state index in [9.17, 15) is 39.8 Å². The van der Waals surface area contributed by atoms with E-state index in [1.54, 1.807) is 0 Å². The van der Waals surface area contributed by atoms with E-state index in [-0.39, 0.29) is 13.0 Å². The lowest BCUT2D eigenvalue weighted by molar-refractivity contribution is -0.220. The molecule has 342 valence electrons. The van der Waals surface area contributed by atoms with Gasteiger partial charge in [-0.15, -0.1) is 0 Å². The van der Waals surface area contributed by atoms with E-state index >= 15 is 0 Å². The number of carbonyl (C=O) groups excluding carboxylic acids is 1. The highest BCUT2D eigenvalue weighted by Crippen LogP contribution is 2.47. The quantitative estimate of drug-likeness (QED) is 0.0113. The maximum absolute atomic E-state index is 12.8. The number of hydrogen-bond acceptors (Lipinski definition) is 11. The lowest BCUT2D eigenvalue weighted by Gasteiger charge is -2.41. The van der Waals surface area contributed by atoms with Crippen molar-refractivity contribution in [2.45, 2.75) is 243 Å². The molecule has 0 heterocycles. The molecule has 0 bridgehead atoms. The van der Waals surface area contributed by atoms with Crippen molar-refractivity contribution in [3.8, 4) is 0 Å². The van der Waals surface area contributed by atoms with Gasteiger partial charge in [0.25, 0.3) is 0 Å². The summed E-state index contributed by atoms with van der Waals surface area (Å²) in [5.41, 5.74) is 0. The van der Waals surface area contributed by atoms with Crippen LogP contribution in [0.2, 0.25) is 0 Å². The number of esters is 1. The van der Waals surface area contributed by atoms with Crippen LogP contribution in [0.15, 0.2) is 24.5 Å². The molecule has 13 heteroatoms. The van der Waals surface area contributed by atoms with Crippen molar-refractivity contribution in [2.75, 3.05) is 13.2 Å². The van der Waals surface area contributed by atoms with Gasteiger partial charge < -0.3 is 39.9 Å². The number of hydrogen-bond donors (Lipinski definition) is 6. The summed E-state index contributed by atoms with van der Waals surface area (Å²) in [5, 5.41) is 50.1. The fourth-order valence-electron chi connectivity index (χ4n) is 7.14. The Morgan fingerprint density at radius 2 is 0.914 bits per heavy atom. The van der Waals surface area contributed by atoms with Gasteiger partial charge >= 0.3 is 13.8 Å². The van der Waals surface area contributed by atoms with Gasteiger partial charge in [0.15, 0.2) is 6.10 Å². The van der Waals surface area contributed by atoms with Crippen LogP contribution >= 0.6 is 7.82 Å². The molecule has 1 aliphatic carbocycles. The van der Waals surface area contributed by atoms with Gasteiger partial charge in [-0.3, -0.25) is 13.8 Å². The molecule has 0 saturated heterocycles. The second kappa shape index (κ2) is 36.3. The van der Waals surface area contributed by atoms with Crippen LogP contribution in [-0.2, 0) is 27.9 Å². The van der Waals surface area contributed by atoms with E-state index in [4.69, 9.17) is 18.5 Å². The van der Waals surface area contributed by atoms with Gasteiger partial charge in [0.1, 0.15) is 43.2 Å². The van der Waals surface area contributed by atoms with Crippen molar-refractivity contribution < 1.29 is 58.3 Å². The average Bonchev–Trinajstić information content (AvgIpc) is 3.21. The van der Waals surface area contributed by atoms with Crippen LogP contribution in [0.1, 0.15) is 200 Å². The number of allylic oxidation sites excluding steroid dienone is 3. The van der Waals surface area contributed by atoms with E-state index < -0.39 is 63.1 Å². The van der Waals surface area contributed by atoms with Crippen LogP contribution in [0.5, 0.6) is 0 Å². The molecular formula is C45H85O12P. The molecule has 1 saturated carbocycles. The second-order valence-electron chi connectivity index (χ2n) is 16.3. The molecule has 1 aliphatic rings. The molecule has 1 fully saturated rings. The first kappa shape index (κ1) is 54.7. The molecule has 8 atom stereocenters. The fourth-order valence-corrected chi connectivity index (χ4v) is 8.11. The molecule has 0 amide bonds. The molecule has 0 aromatic carbocycles. The number of phosphoric acid groups is 1. The van der Waals surface area contributed by atoms with E-state index in [0.29, 0.717) is 6.42 Å². The minimum atomic E-state index is -5.03. The number of phosphoric ester groups is 1. The van der Waals surface area contributed by atoms with Crippen molar-refractivity contribution >= 4 is 13.8 Å². The molecule has 6 unspecified atom stereocenters. The Morgan fingerprint density at radius 3 is 1.38 bits per heavy atom. The highest BCUT2D eigenvalue weighted by molar-refractivity contribution is 7.47. The lowest BCUT2D eigenvalue weighted by atomic mass is 9.85. The van der Waals surface area contributed by atoms with E-state index in [1.165, 1.54) is 122 Å². The summed E-state index contributed by atoms with van der Waals surface area (Å²) >= 11 is 0. The molecule has 0 aromatic rings. The third-order valence-corrected chi connectivity index (χ3v) is 11.9. The molecule has 1 rings (SSSR count). The minimum Gasteiger partial charge on any atom is -0.498 e. The number of unbranched alkanes of at least 4 members (excludes halogenated alkanes) is 25.